The molecule has 0 amide bonds. The van der Waals surface area contributed by atoms with Crippen LogP contribution in [0.25, 0.3) is 0 Å². The molecule has 0 bridgehead atoms. The van der Waals surface area contributed by atoms with Crippen LogP contribution in [0.3, 0.4) is 0 Å². The molecule has 0 aromatic rings. The Labute approximate surface area is 151 Å². The van der Waals surface area contributed by atoms with Crippen LogP contribution >= 0.6 is 0 Å². The van der Waals surface area contributed by atoms with Crippen molar-refractivity contribution >= 4 is 0 Å². The summed E-state index contributed by atoms with van der Waals surface area (Å²) in [6, 6.07) is 0. The van der Waals surface area contributed by atoms with Gasteiger partial charge in [0.15, 0.2) is 0 Å². The number of rotatable bonds is 0. The SMILES string of the molecule is C.C.C.C.C.C.C#C.CC.[C-]#CC.[U].[U]. The molecule has 0 aromatic carbocycles. The van der Waals surface area contributed by atoms with Crippen molar-refractivity contribution in [2.24, 2.45) is 0 Å². The standard InChI is InChI=1S/C3H3.C2H6.C2H2.6CH4.2U/c1-3-2;2*1-2;;;;;;;;/h1H3;1-2H3;1-2H;6*1H4;;/q-1;;;;;;;;;;. The van der Waals surface area contributed by atoms with E-state index >= 15 is 0 Å². The third kappa shape index (κ3) is 1780. The quantitative estimate of drug-likeness (QED) is 0.230. The summed E-state index contributed by atoms with van der Waals surface area (Å²) in [6.45, 7) is 5.54. The van der Waals surface area contributed by atoms with Gasteiger partial charge in [-0.25, -0.2) is 0 Å². The predicted octanol–water partition coefficient (Wildman–Crippen LogP) is 5.69. The van der Waals surface area contributed by atoms with Gasteiger partial charge in [0.2, 0.25) is 0 Å². The normalized spacial score (nSPS) is 1.07. The Bertz CT molecular complexity index is 51.3. The molecule has 96 valence electrons. The van der Waals surface area contributed by atoms with Gasteiger partial charge in [-0.05, 0) is 6.92 Å². The fourth-order valence-electron chi connectivity index (χ4n) is 0. The maximum Gasteiger partial charge on any atom is 0 e. The van der Waals surface area contributed by atoms with Gasteiger partial charge in [0.25, 0.3) is 0 Å². The molecule has 0 rings (SSSR count). The molecular formula is C13H35U2-. The Balaban J connectivity index is -0.00000000142. The van der Waals surface area contributed by atoms with Crippen molar-refractivity contribution in [3.8, 4) is 18.8 Å². The van der Waals surface area contributed by atoms with Crippen LogP contribution in [0.2, 0.25) is 0 Å². The van der Waals surface area contributed by atoms with Crippen molar-refractivity contribution in [2.75, 3.05) is 0 Å². The van der Waals surface area contributed by atoms with E-state index in [1.165, 1.54) is 0 Å². The third-order valence-corrected chi connectivity index (χ3v) is 0. The molecule has 0 N–H and O–H groups in total. The van der Waals surface area contributed by atoms with E-state index in [0.29, 0.717) is 0 Å². The van der Waals surface area contributed by atoms with Crippen LogP contribution in [-0.2, 0) is 0 Å². The van der Waals surface area contributed by atoms with Crippen LogP contribution in [-0.4, -0.2) is 0 Å². The first kappa shape index (κ1) is 138. The molecule has 0 fully saturated rings. The summed E-state index contributed by atoms with van der Waals surface area (Å²) in [5.41, 5.74) is 0. The Morgan fingerprint density at radius 1 is 0.733 bits per heavy atom. The van der Waals surface area contributed by atoms with Gasteiger partial charge in [-0.3, -0.25) is 0 Å². The fourth-order valence-corrected chi connectivity index (χ4v) is 0. The molecule has 0 saturated heterocycles. The van der Waals surface area contributed by atoms with Crippen LogP contribution in [0.5, 0.6) is 0 Å². The number of terminal acetylenes is 1. The molecule has 0 saturated carbocycles. The molecule has 2 heteroatoms. The Hall–Kier alpha value is 1.22. The molecule has 0 aliphatic heterocycles. The Morgan fingerprint density at radius 3 is 0.733 bits per heavy atom. The van der Waals surface area contributed by atoms with Gasteiger partial charge >= 0.3 is 0 Å². The van der Waals surface area contributed by atoms with Crippen molar-refractivity contribution in [2.45, 2.75) is 65.3 Å². The second kappa shape index (κ2) is 623. The summed E-state index contributed by atoms with van der Waals surface area (Å²) in [4.78, 5) is 0. The molecule has 0 aliphatic rings. The number of hydrogen-bond donors (Lipinski definition) is 0. The summed E-state index contributed by atoms with van der Waals surface area (Å²) < 4.78 is 0. The van der Waals surface area contributed by atoms with Gasteiger partial charge in [-0.15, -0.1) is 12.8 Å². The smallest absolute Gasteiger partial charge is 0 e. The first-order valence-electron chi connectivity index (χ1n) is 2.08. The molecular weight excluding hydrogens is 632 g/mol. The van der Waals surface area contributed by atoms with Crippen molar-refractivity contribution in [1.82, 2.24) is 0 Å². The van der Waals surface area contributed by atoms with E-state index in [1.807, 2.05) is 19.8 Å². The van der Waals surface area contributed by atoms with Crippen LogP contribution in [0.1, 0.15) is 65.3 Å². The van der Waals surface area contributed by atoms with Crippen LogP contribution < -0.4 is 0 Å². The van der Waals surface area contributed by atoms with Crippen LogP contribution in [0.15, 0.2) is 0 Å². The molecule has 0 atom stereocenters. The van der Waals surface area contributed by atoms with E-state index in [0.717, 1.165) is 0 Å². The van der Waals surface area contributed by atoms with Crippen LogP contribution in [0, 0.1) is 87.4 Å². The van der Waals surface area contributed by atoms with E-state index in [4.69, 9.17) is 6.42 Å². The minimum atomic E-state index is 0. The summed E-state index contributed by atoms with van der Waals surface area (Å²) in [5, 5.41) is 0. The second-order valence-electron chi connectivity index (χ2n) is 0.250. The molecule has 0 unspecified atom stereocenters. The maximum absolute atomic E-state index is 5.96. The van der Waals surface area contributed by atoms with Gasteiger partial charge in [-0.2, -0.15) is 0 Å². The minimum absolute atomic E-state index is 0. The van der Waals surface area contributed by atoms with Crippen molar-refractivity contribution in [1.29, 1.82) is 0 Å². The topological polar surface area (TPSA) is 0 Å². The summed E-state index contributed by atoms with van der Waals surface area (Å²) in [7, 11) is 0. The molecule has 0 radical (unpaired) electrons. The molecule has 0 spiro atoms. The molecule has 0 nitrogen and oxygen atoms in total. The van der Waals surface area contributed by atoms with Gasteiger partial charge in [-0.1, -0.05) is 58.4 Å². The monoisotopic (exact) mass is 667 g/mol. The summed E-state index contributed by atoms with van der Waals surface area (Å²) in [6.07, 6.45) is 14.0. The molecule has 0 aliphatic carbocycles. The van der Waals surface area contributed by atoms with Gasteiger partial charge in [0, 0.05) is 62.2 Å². The largest absolute Gasteiger partial charge is 0.694 e. The van der Waals surface area contributed by atoms with E-state index in [9.17, 15) is 0 Å². The zero-order valence-corrected chi connectivity index (χ0v) is 14.5. The Kier molecular flexibility index (Phi) is 5720. The van der Waals surface area contributed by atoms with Crippen molar-refractivity contribution in [3.05, 3.63) is 6.42 Å². The first-order valence-corrected chi connectivity index (χ1v) is 2.08. The average molecular weight is 667 g/mol. The van der Waals surface area contributed by atoms with E-state index in [1.54, 1.807) is 6.92 Å². The van der Waals surface area contributed by atoms with Crippen molar-refractivity contribution in [3.63, 3.8) is 0 Å². The average Bonchev–Trinajstić information content (AvgIpc) is 1.78. The predicted molar refractivity (Wildman–Crippen MR) is 74.4 cm³/mol. The minimum Gasteiger partial charge on any atom is -0.694 e. The van der Waals surface area contributed by atoms with E-state index in [2.05, 4.69) is 12.8 Å². The van der Waals surface area contributed by atoms with E-state index in [-0.39, 0.29) is 107 Å². The summed E-state index contributed by atoms with van der Waals surface area (Å²) >= 11 is 0. The third-order valence-electron chi connectivity index (χ3n) is 0. The van der Waals surface area contributed by atoms with Gasteiger partial charge < -0.3 is 12.3 Å². The zero-order chi connectivity index (χ0) is 6.71. The van der Waals surface area contributed by atoms with E-state index < -0.39 is 0 Å². The number of hydrogen-bond acceptors (Lipinski definition) is 0. The second-order valence-corrected chi connectivity index (χ2v) is 0.250. The molecule has 0 aromatic heterocycles. The molecule has 15 heavy (non-hydrogen) atoms. The van der Waals surface area contributed by atoms with Crippen LogP contribution in [0.4, 0.5) is 0 Å². The first-order chi connectivity index (χ1) is 3.41. The van der Waals surface area contributed by atoms with Crippen molar-refractivity contribution < 1.29 is 62.2 Å². The summed E-state index contributed by atoms with van der Waals surface area (Å²) in [5.74, 6) is 2.00. The fraction of sp³-hybridized carbons (Fsp3) is 0.692. The maximum atomic E-state index is 5.96. The van der Waals surface area contributed by atoms with Gasteiger partial charge in [0.1, 0.15) is 0 Å². The molecule has 0 heterocycles. The van der Waals surface area contributed by atoms with Gasteiger partial charge in [0.05, 0.1) is 0 Å². The Morgan fingerprint density at radius 2 is 0.733 bits per heavy atom. The zero-order valence-electron chi connectivity index (χ0n) is 6.15.